The van der Waals surface area contributed by atoms with Gasteiger partial charge in [0.25, 0.3) is 5.91 Å². The fraction of sp³-hybridized carbons (Fsp3) is 0.727. The standard InChI is InChI=1S/C22H32N6O2/c1-21(2)13-27(14-21)11-15-5-7-22(8-6-15,9-10-23)28-12-17(18(24)29)19(26-28)25-20(30)16-3-4-16/h12,15-16H,3-9,11,13-14H2,1-2H3,(H2,24,29)(H,25,26,30). The fourth-order valence-electron chi connectivity index (χ4n) is 5.14. The van der Waals surface area contributed by atoms with Gasteiger partial charge >= 0.3 is 0 Å². The Hall–Kier alpha value is -2.40. The lowest BCUT2D eigenvalue weighted by Crippen LogP contribution is -2.54. The molecule has 2 saturated carbocycles. The number of nitriles is 1. The second-order valence-corrected chi connectivity index (χ2v) is 10.3. The number of nitrogens with zero attached hydrogens (tertiary/aromatic N) is 4. The monoisotopic (exact) mass is 412 g/mol. The molecule has 2 heterocycles. The van der Waals surface area contributed by atoms with Gasteiger partial charge < -0.3 is 16.0 Å². The van der Waals surface area contributed by atoms with Crippen LogP contribution in [0, 0.1) is 28.6 Å². The van der Waals surface area contributed by atoms with Crippen LogP contribution in [0.4, 0.5) is 5.82 Å². The van der Waals surface area contributed by atoms with Gasteiger partial charge in [0, 0.05) is 31.7 Å². The molecule has 0 radical (unpaired) electrons. The van der Waals surface area contributed by atoms with Crippen molar-refractivity contribution in [3.05, 3.63) is 11.8 Å². The lowest BCUT2D eigenvalue weighted by Gasteiger charge is -2.48. The van der Waals surface area contributed by atoms with Crippen LogP contribution in [0.15, 0.2) is 6.20 Å². The summed E-state index contributed by atoms with van der Waals surface area (Å²) in [5.41, 5.74) is 5.74. The summed E-state index contributed by atoms with van der Waals surface area (Å²) in [5.74, 6) is 0.118. The number of amides is 2. The number of anilines is 1. The van der Waals surface area contributed by atoms with Crippen molar-refractivity contribution in [1.29, 1.82) is 5.26 Å². The van der Waals surface area contributed by atoms with E-state index in [0.717, 1.165) is 58.2 Å². The van der Waals surface area contributed by atoms with E-state index in [9.17, 15) is 14.9 Å². The molecule has 3 fully saturated rings. The van der Waals surface area contributed by atoms with Crippen molar-refractivity contribution in [1.82, 2.24) is 14.7 Å². The molecular weight excluding hydrogens is 380 g/mol. The van der Waals surface area contributed by atoms with Crippen LogP contribution in [0.3, 0.4) is 0 Å². The molecule has 4 rings (SSSR count). The Morgan fingerprint density at radius 1 is 1.27 bits per heavy atom. The lowest BCUT2D eigenvalue weighted by molar-refractivity contribution is -0.117. The van der Waals surface area contributed by atoms with E-state index >= 15 is 0 Å². The first-order chi connectivity index (χ1) is 14.2. The topological polar surface area (TPSA) is 117 Å². The molecule has 8 nitrogen and oxygen atoms in total. The first-order valence-corrected chi connectivity index (χ1v) is 11.0. The molecular formula is C22H32N6O2. The molecule has 1 saturated heterocycles. The third-order valence-corrected chi connectivity index (χ3v) is 6.92. The van der Waals surface area contributed by atoms with Crippen molar-refractivity contribution >= 4 is 17.6 Å². The first kappa shape index (κ1) is 20.9. The van der Waals surface area contributed by atoms with E-state index in [0.29, 0.717) is 17.8 Å². The Kier molecular flexibility index (Phi) is 5.35. The SMILES string of the molecule is CC1(C)CN(CC2CCC(CC#N)(n3cc(C(N)=O)c(NC(=O)C4CC4)n3)CC2)C1. The molecule has 8 heteroatoms. The number of hydrogen-bond acceptors (Lipinski definition) is 5. The Morgan fingerprint density at radius 3 is 2.47 bits per heavy atom. The second kappa shape index (κ2) is 7.69. The molecule has 3 N–H and O–H groups in total. The highest BCUT2D eigenvalue weighted by Crippen LogP contribution is 2.42. The van der Waals surface area contributed by atoms with Crippen molar-refractivity contribution < 1.29 is 9.59 Å². The van der Waals surface area contributed by atoms with Gasteiger partial charge in [-0.3, -0.25) is 14.3 Å². The molecule has 1 aliphatic heterocycles. The van der Waals surface area contributed by atoms with Crippen LogP contribution in [0.1, 0.15) is 69.2 Å². The van der Waals surface area contributed by atoms with E-state index in [1.807, 2.05) is 0 Å². The highest BCUT2D eigenvalue weighted by molar-refractivity contribution is 6.02. The van der Waals surface area contributed by atoms with Gasteiger partial charge in [0.1, 0.15) is 5.56 Å². The maximum atomic E-state index is 12.2. The summed E-state index contributed by atoms with van der Waals surface area (Å²) in [5, 5.41) is 16.8. The number of likely N-dealkylation sites (tertiary alicyclic amines) is 1. The summed E-state index contributed by atoms with van der Waals surface area (Å²) in [6, 6.07) is 2.32. The molecule has 0 aromatic carbocycles. The molecule has 1 aromatic rings. The number of carbonyl (C=O) groups is 2. The zero-order chi connectivity index (χ0) is 21.5. The van der Waals surface area contributed by atoms with E-state index in [-0.39, 0.29) is 23.2 Å². The third-order valence-electron chi connectivity index (χ3n) is 6.92. The van der Waals surface area contributed by atoms with E-state index in [2.05, 4.69) is 35.2 Å². The Balaban J connectivity index is 1.48. The Labute approximate surface area is 177 Å². The quantitative estimate of drug-likeness (QED) is 0.713. The molecule has 2 amide bonds. The summed E-state index contributed by atoms with van der Waals surface area (Å²) in [6.07, 6.45) is 7.39. The Morgan fingerprint density at radius 2 is 1.93 bits per heavy atom. The molecule has 0 spiro atoms. The summed E-state index contributed by atoms with van der Waals surface area (Å²) in [7, 11) is 0. The van der Waals surface area contributed by atoms with Gasteiger partial charge in [-0.2, -0.15) is 10.4 Å². The van der Waals surface area contributed by atoms with Gasteiger partial charge in [-0.15, -0.1) is 0 Å². The van der Waals surface area contributed by atoms with Gasteiger partial charge in [0.2, 0.25) is 5.91 Å². The smallest absolute Gasteiger partial charge is 0.254 e. The van der Waals surface area contributed by atoms with Crippen LogP contribution < -0.4 is 11.1 Å². The van der Waals surface area contributed by atoms with E-state index in [4.69, 9.17) is 5.73 Å². The van der Waals surface area contributed by atoms with Gasteiger partial charge in [0.05, 0.1) is 18.0 Å². The van der Waals surface area contributed by atoms with Crippen molar-refractivity contribution in [3.8, 4) is 6.07 Å². The van der Waals surface area contributed by atoms with Crippen LogP contribution in [-0.2, 0) is 10.3 Å². The minimum atomic E-state index is -0.617. The number of carbonyl (C=O) groups excluding carboxylic acids is 2. The summed E-state index contributed by atoms with van der Waals surface area (Å²) in [6.45, 7) is 8.02. The number of nitrogens with one attached hydrogen (secondary N) is 1. The predicted octanol–water partition coefficient (Wildman–Crippen LogP) is 2.47. The lowest BCUT2D eigenvalue weighted by atomic mass is 9.74. The van der Waals surface area contributed by atoms with E-state index < -0.39 is 11.4 Å². The zero-order valence-electron chi connectivity index (χ0n) is 18.0. The van der Waals surface area contributed by atoms with E-state index in [1.54, 1.807) is 10.9 Å². The van der Waals surface area contributed by atoms with Crippen molar-refractivity contribution in [3.63, 3.8) is 0 Å². The molecule has 2 aliphatic carbocycles. The van der Waals surface area contributed by atoms with Crippen LogP contribution in [-0.4, -0.2) is 46.1 Å². The van der Waals surface area contributed by atoms with Crippen molar-refractivity contribution in [2.24, 2.45) is 23.0 Å². The maximum absolute atomic E-state index is 12.2. The van der Waals surface area contributed by atoms with E-state index in [1.165, 1.54) is 0 Å². The second-order valence-electron chi connectivity index (χ2n) is 10.3. The average Bonchev–Trinajstić information content (AvgIpc) is 3.42. The normalized spacial score (nSPS) is 28.4. The van der Waals surface area contributed by atoms with Gasteiger partial charge in [-0.05, 0) is 49.9 Å². The predicted molar refractivity (Wildman–Crippen MR) is 112 cm³/mol. The molecule has 1 aromatic heterocycles. The van der Waals surface area contributed by atoms with Crippen molar-refractivity contribution in [2.75, 3.05) is 25.0 Å². The summed E-state index contributed by atoms with van der Waals surface area (Å²) >= 11 is 0. The minimum absolute atomic E-state index is 0.00543. The van der Waals surface area contributed by atoms with Crippen molar-refractivity contribution in [2.45, 2.75) is 64.3 Å². The van der Waals surface area contributed by atoms with Gasteiger partial charge in [-0.1, -0.05) is 13.8 Å². The molecule has 162 valence electrons. The van der Waals surface area contributed by atoms with Crippen LogP contribution in [0.5, 0.6) is 0 Å². The zero-order valence-corrected chi connectivity index (χ0v) is 18.0. The maximum Gasteiger partial charge on any atom is 0.254 e. The Bertz CT molecular complexity index is 863. The third kappa shape index (κ3) is 4.22. The number of rotatable bonds is 7. The van der Waals surface area contributed by atoms with Gasteiger partial charge in [-0.25, -0.2) is 0 Å². The molecule has 0 bridgehead atoms. The summed E-state index contributed by atoms with van der Waals surface area (Å²) in [4.78, 5) is 26.7. The van der Waals surface area contributed by atoms with Crippen LogP contribution >= 0.6 is 0 Å². The molecule has 3 aliphatic rings. The molecule has 0 atom stereocenters. The first-order valence-electron chi connectivity index (χ1n) is 11.0. The number of hydrogen-bond donors (Lipinski definition) is 2. The highest BCUT2D eigenvalue weighted by atomic mass is 16.2. The van der Waals surface area contributed by atoms with Gasteiger partial charge in [0.15, 0.2) is 5.82 Å². The minimum Gasteiger partial charge on any atom is -0.365 e. The molecule has 30 heavy (non-hydrogen) atoms. The summed E-state index contributed by atoms with van der Waals surface area (Å²) < 4.78 is 1.74. The average molecular weight is 413 g/mol. The number of nitrogens with two attached hydrogens (primary N) is 1. The number of primary amides is 1. The molecule has 0 unspecified atom stereocenters. The highest BCUT2D eigenvalue weighted by Gasteiger charge is 2.41. The van der Waals surface area contributed by atoms with Crippen LogP contribution in [0.25, 0.3) is 0 Å². The largest absolute Gasteiger partial charge is 0.365 e. The van der Waals surface area contributed by atoms with Crippen LogP contribution in [0.2, 0.25) is 0 Å². The number of aromatic nitrogens is 2. The fourth-order valence-corrected chi connectivity index (χ4v) is 5.14.